The van der Waals surface area contributed by atoms with E-state index in [0.29, 0.717) is 6.61 Å². The summed E-state index contributed by atoms with van der Waals surface area (Å²) >= 11 is 0. The summed E-state index contributed by atoms with van der Waals surface area (Å²) in [5.41, 5.74) is 0. The summed E-state index contributed by atoms with van der Waals surface area (Å²) in [6.45, 7) is 2.65. The molecule has 3 heteroatoms. The van der Waals surface area contributed by atoms with Crippen molar-refractivity contribution in [1.29, 1.82) is 0 Å². The second kappa shape index (κ2) is 4.13. The largest absolute Gasteiger partial charge is 0.344 e. The van der Waals surface area contributed by atoms with Gasteiger partial charge in [-0.15, -0.1) is 6.42 Å². The van der Waals surface area contributed by atoms with Gasteiger partial charge in [-0.1, -0.05) is 12.3 Å². The molecule has 1 aliphatic heterocycles. The van der Waals surface area contributed by atoms with Crippen LogP contribution < -0.4 is 0 Å². The fourth-order valence-electron chi connectivity index (χ4n) is 2.32. The van der Waals surface area contributed by atoms with Crippen LogP contribution in [0.3, 0.4) is 0 Å². The SMILES string of the molecule is C#CCOC1(C)COC2(CCCCC2)O1. The number of ether oxygens (including phenoxy) is 3. The van der Waals surface area contributed by atoms with E-state index in [1.807, 2.05) is 6.92 Å². The molecule has 2 fully saturated rings. The summed E-state index contributed by atoms with van der Waals surface area (Å²) in [6, 6.07) is 0. The fourth-order valence-corrected chi connectivity index (χ4v) is 2.32. The monoisotopic (exact) mass is 210 g/mol. The molecule has 1 spiro atoms. The number of rotatable bonds is 2. The maximum Gasteiger partial charge on any atom is 0.193 e. The van der Waals surface area contributed by atoms with Gasteiger partial charge in [0.15, 0.2) is 11.6 Å². The highest BCUT2D eigenvalue weighted by molar-refractivity contribution is 4.88. The first-order chi connectivity index (χ1) is 7.18. The molecule has 2 aliphatic rings. The molecule has 0 aromatic heterocycles. The van der Waals surface area contributed by atoms with Crippen LogP contribution in [0.5, 0.6) is 0 Å². The maximum absolute atomic E-state index is 5.94. The van der Waals surface area contributed by atoms with Gasteiger partial charge in [-0.2, -0.15) is 0 Å². The molecule has 0 amide bonds. The zero-order chi connectivity index (χ0) is 10.8. The lowest BCUT2D eigenvalue weighted by Gasteiger charge is -2.33. The third kappa shape index (κ3) is 2.34. The summed E-state index contributed by atoms with van der Waals surface area (Å²) in [6.07, 6.45) is 10.7. The van der Waals surface area contributed by atoms with Crippen LogP contribution in [0, 0.1) is 12.3 Å². The van der Waals surface area contributed by atoms with E-state index in [9.17, 15) is 0 Å². The van der Waals surface area contributed by atoms with Gasteiger partial charge in [0.25, 0.3) is 0 Å². The Morgan fingerprint density at radius 1 is 1.33 bits per heavy atom. The van der Waals surface area contributed by atoms with Crippen LogP contribution in [-0.4, -0.2) is 24.8 Å². The van der Waals surface area contributed by atoms with Crippen molar-refractivity contribution in [2.75, 3.05) is 13.2 Å². The van der Waals surface area contributed by atoms with Gasteiger partial charge in [-0.25, -0.2) is 0 Å². The Morgan fingerprint density at radius 3 is 2.73 bits per heavy atom. The molecule has 1 unspecified atom stereocenters. The van der Waals surface area contributed by atoms with Crippen LogP contribution in [0.1, 0.15) is 39.0 Å². The van der Waals surface area contributed by atoms with Crippen molar-refractivity contribution in [3.63, 3.8) is 0 Å². The van der Waals surface area contributed by atoms with Crippen LogP contribution in [0.2, 0.25) is 0 Å². The molecule has 0 aromatic carbocycles. The lowest BCUT2D eigenvalue weighted by atomic mass is 9.94. The fraction of sp³-hybridized carbons (Fsp3) is 0.833. The number of terminal acetylenes is 1. The zero-order valence-corrected chi connectivity index (χ0v) is 9.25. The lowest BCUT2D eigenvalue weighted by molar-refractivity contribution is -0.262. The Balaban J connectivity index is 1.95. The van der Waals surface area contributed by atoms with Gasteiger partial charge in [0, 0.05) is 12.8 Å². The summed E-state index contributed by atoms with van der Waals surface area (Å²) in [4.78, 5) is 0. The Hall–Kier alpha value is -0.560. The van der Waals surface area contributed by atoms with Gasteiger partial charge in [0.2, 0.25) is 0 Å². The highest BCUT2D eigenvalue weighted by Crippen LogP contribution is 2.41. The highest BCUT2D eigenvalue weighted by atomic mass is 16.8. The van der Waals surface area contributed by atoms with E-state index in [1.54, 1.807) is 0 Å². The third-order valence-electron chi connectivity index (χ3n) is 3.08. The standard InChI is InChI=1S/C12H18O3/c1-3-9-13-11(2)10-14-12(15-11)7-5-4-6-8-12/h1H,4-10H2,2H3. The molecule has 1 aliphatic carbocycles. The van der Waals surface area contributed by atoms with E-state index in [1.165, 1.54) is 19.3 Å². The summed E-state index contributed by atoms with van der Waals surface area (Å²) < 4.78 is 17.2. The highest BCUT2D eigenvalue weighted by Gasteiger charge is 2.49. The van der Waals surface area contributed by atoms with Crippen molar-refractivity contribution < 1.29 is 14.2 Å². The summed E-state index contributed by atoms with van der Waals surface area (Å²) in [7, 11) is 0. The van der Waals surface area contributed by atoms with Crippen molar-refractivity contribution in [1.82, 2.24) is 0 Å². The molecular formula is C12H18O3. The van der Waals surface area contributed by atoms with Crippen molar-refractivity contribution >= 4 is 0 Å². The topological polar surface area (TPSA) is 27.7 Å². The van der Waals surface area contributed by atoms with E-state index >= 15 is 0 Å². The van der Waals surface area contributed by atoms with Crippen molar-refractivity contribution in [3.8, 4) is 12.3 Å². The van der Waals surface area contributed by atoms with Crippen LogP contribution in [0.25, 0.3) is 0 Å². The molecule has 0 bridgehead atoms. The average molecular weight is 210 g/mol. The molecule has 1 heterocycles. The minimum Gasteiger partial charge on any atom is -0.344 e. The van der Waals surface area contributed by atoms with Gasteiger partial charge in [-0.05, 0) is 19.8 Å². The Labute approximate surface area is 91.1 Å². The molecule has 0 aromatic rings. The van der Waals surface area contributed by atoms with Crippen molar-refractivity contribution in [2.45, 2.75) is 50.6 Å². The van der Waals surface area contributed by atoms with E-state index in [2.05, 4.69) is 5.92 Å². The Kier molecular flexibility index (Phi) is 3.01. The quantitative estimate of drug-likeness (QED) is 0.653. The van der Waals surface area contributed by atoms with E-state index < -0.39 is 5.79 Å². The number of hydrogen-bond donors (Lipinski definition) is 0. The van der Waals surface area contributed by atoms with Gasteiger partial charge >= 0.3 is 0 Å². The zero-order valence-electron chi connectivity index (χ0n) is 9.25. The first-order valence-corrected chi connectivity index (χ1v) is 5.60. The van der Waals surface area contributed by atoms with Gasteiger partial charge < -0.3 is 14.2 Å². The molecular weight excluding hydrogens is 192 g/mol. The first-order valence-electron chi connectivity index (χ1n) is 5.60. The maximum atomic E-state index is 5.94. The first kappa shape index (κ1) is 10.9. The predicted octanol–water partition coefficient (Wildman–Crippen LogP) is 2.06. The van der Waals surface area contributed by atoms with Crippen LogP contribution >= 0.6 is 0 Å². The molecule has 3 nitrogen and oxygen atoms in total. The van der Waals surface area contributed by atoms with Crippen LogP contribution in [0.15, 0.2) is 0 Å². The Morgan fingerprint density at radius 2 is 2.07 bits per heavy atom. The van der Waals surface area contributed by atoms with Crippen LogP contribution in [-0.2, 0) is 14.2 Å². The second-order valence-electron chi connectivity index (χ2n) is 4.49. The van der Waals surface area contributed by atoms with Gasteiger partial charge in [0.05, 0.1) is 0 Å². The van der Waals surface area contributed by atoms with Gasteiger partial charge in [0.1, 0.15) is 13.2 Å². The average Bonchev–Trinajstić information content (AvgIpc) is 2.55. The predicted molar refractivity (Wildman–Crippen MR) is 56.0 cm³/mol. The molecule has 2 rings (SSSR count). The molecule has 84 valence electrons. The van der Waals surface area contributed by atoms with E-state index in [4.69, 9.17) is 20.6 Å². The molecule has 1 atom stereocenters. The lowest BCUT2D eigenvalue weighted by Crippen LogP contribution is -2.38. The number of hydrogen-bond acceptors (Lipinski definition) is 3. The summed E-state index contributed by atoms with van der Waals surface area (Å²) in [5.74, 6) is 1.42. The smallest absolute Gasteiger partial charge is 0.193 e. The van der Waals surface area contributed by atoms with Crippen LogP contribution in [0.4, 0.5) is 0 Å². The normalized spacial score (nSPS) is 34.1. The van der Waals surface area contributed by atoms with E-state index in [0.717, 1.165) is 12.8 Å². The second-order valence-corrected chi connectivity index (χ2v) is 4.49. The molecule has 1 saturated carbocycles. The molecule has 0 radical (unpaired) electrons. The van der Waals surface area contributed by atoms with Crippen molar-refractivity contribution in [3.05, 3.63) is 0 Å². The van der Waals surface area contributed by atoms with Gasteiger partial charge in [-0.3, -0.25) is 0 Å². The minimum atomic E-state index is -0.649. The molecule has 1 saturated heterocycles. The van der Waals surface area contributed by atoms with Crippen molar-refractivity contribution in [2.24, 2.45) is 0 Å². The van der Waals surface area contributed by atoms with E-state index in [-0.39, 0.29) is 12.4 Å². The molecule has 0 N–H and O–H groups in total. The molecule has 15 heavy (non-hydrogen) atoms. The minimum absolute atomic E-state index is 0.274. The third-order valence-corrected chi connectivity index (χ3v) is 3.08. The summed E-state index contributed by atoms with van der Waals surface area (Å²) in [5, 5.41) is 0. The Bertz CT molecular complexity index is 263.